The molecule has 0 unspecified atom stereocenters. The van der Waals surface area contributed by atoms with E-state index in [0.717, 1.165) is 23.2 Å². The van der Waals surface area contributed by atoms with Crippen LogP contribution in [0.1, 0.15) is 35.3 Å². The maximum Gasteiger partial charge on any atom is 0.586 e. The lowest BCUT2D eigenvalue weighted by atomic mass is 10.1. The highest BCUT2D eigenvalue weighted by atomic mass is 32.2. The predicted octanol–water partition coefficient (Wildman–Crippen LogP) is 3.47. The van der Waals surface area contributed by atoms with Crippen LogP contribution >= 0.6 is 0 Å². The van der Waals surface area contributed by atoms with Gasteiger partial charge in [0.15, 0.2) is 27.2 Å². The Kier molecular flexibility index (Phi) is 4.28. The molecule has 0 bridgehead atoms. The van der Waals surface area contributed by atoms with Crippen LogP contribution in [0.5, 0.6) is 11.5 Å². The Balaban J connectivity index is 1.79. The Labute approximate surface area is 168 Å². The first-order valence-electron chi connectivity index (χ1n) is 8.68. The quantitative estimate of drug-likeness (QED) is 0.669. The first kappa shape index (κ1) is 20.4. The summed E-state index contributed by atoms with van der Waals surface area (Å²) in [6, 6.07) is 3.05. The zero-order chi connectivity index (χ0) is 22.1. The lowest BCUT2D eigenvalue weighted by Crippen LogP contribution is -2.27. The summed E-state index contributed by atoms with van der Waals surface area (Å²) in [6.07, 6.45) is -3.06. The van der Waals surface area contributed by atoms with Crippen molar-refractivity contribution >= 4 is 21.6 Å². The van der Waals surface area contributed by atoms with Gasteiger partial charge in [-0.05, 0) is 23.8 Å². The molecule has 2 aliphatic heterocycles. The molecule has 7 nitrogen and oxygen atoms in total. The average molecular weight is 446 g/mol. The van der Waals surface area contributed by atoms with Crippen molar-refractivity contribution in [1.82, 2.24) is 4.98 Å². The minimum absolute atomic E-state index is 0.0124. The molecule has 1 aromatic carbocycles. The monoisotopic (exact) mass is 446 g/mol. The van der Waals surface area contributed by atoms with Crippen molar-refractivity contribution in [3.05, 3.63) is 41.1 Å². The molecule has 1 aromatic heterocycles. The number of sulfone groups is 1. The van der Waals surface area contributed by atoms with Crippen molar-refractivity contribution < 1.29 is 40.2 Å². The molecule has 0 N–H and O–H groups in total. The number of pyridine rings is 1. The third-order valence-corrected chi connectivity index (χ3v) is 6.47. The molecule has 0 saturated carbocycles. The molecule has 1 amide bonds. The Morgan fingerprint density at radius 1 is 1.20 bits per heavy atom. The molecule has 3 heterocycles. The van der Waals surface area contributed by atoms with Crippen molar-refractivity contribution in [2.24, 2.45) is 0 Å². The number of alkyl halides is 4. The van der Waals surface area contributed by atoms with E-state index in [-0.39, 0.29) is 35.0 Å². The van der Waals surface area contributed by atoms with Crippen LogP contribution in [0.4, 0.5) is 23.4 Å². The van der Waals surface area contributed by atoms with Crippen LogP contribution in [0.15, 0.2) is 29.3 Å². The Hall–Kier alpha value is -2.89. The number of carbonyl (C=O) groups excluding carboxylic acids is 1. The molecular formula is C18H14F4N2O5S. The minimum atomic E-state index is -4.02. The minimum Gasteiger partial charge on any atom is -0.395 e. The van der Waals surface area contributed by atoms with E-state index in [2.05, 4.69) is 14.5 Å². The van der Waals surface area contributed by atoms with Gasteiger partial charge in [0.05, 0.1) is 12.3 Å². The number of carbonyl (C=O) groups is 1. The molecule has 2 aliphatic rings. The van der Waals surface area contributed by atoms with E-state index >= 15 is 0 Å². The topological polar surface area (TPSA) is 85.8 Å². The number of hydrogen-bond acceptors (Lipinski definition) is 6. The van der Waals surface area contributed by atoms with E-state index in [9.17, 15) is 30.8 Å². The van der Waals surface area contributed by atoms with E-state index in [1.54, 1.807) is 0 Å². The van der Waals surface area contributed by atoms with E-state index in [1.807, 2.05) is 0 Å². The second-order valence-corrected chi connectivity index (χ2v) is 9.10. The number of rotatable bonds is 4. The van der Waals surface area contributed by atoms with Crippen LogP contribution < -0.4 is 14.4 Å². The Morgan fingerprint density at radius 3 is 2.43 bits per heavy atom. The standard InChI is InChI=1S/C18H14F4N2O5S/c1-3-30(26,27)14-5-10(17(2,19)20)7-23-15(14)24-8-9-4-12-13(6-11(9)16(24)25)29-18(21,22)28-12/h4-7H,3,8H2,1-2H3. The Morgan fingerprint density at radius 2 is 1.83 bits per heavy atom. The van der Waals surface area contributed by atoms with E-state index < -0.39 is 44.2 Å². The summed E-state index contributed by atoms with van der Waals surface area (Å²) >= 11 is 0. The average Bonchev–Trinajstić information content (AvgIpc) is 3.12. The van der Waals surface area contributed by atoms with Gasteiger partial charge in [0.25, 0.3) is 11.8 Å². The number of anilines is 1. The summed E-state index contributed by atoms with van der Waals surface area (Å²) < 4.78 is 87.7. The van der Waals surface area contributed by atoms with Crippen LogP contribution in [0.25, 0.3) is 0 Å². The number of halogens is 4. The highest BCUT2D eigenvalue weighted by Crippen LogP contribution is 2.45. The summed E-state index contributed by atoms with van der Waals surface area (Å²) in [7, 11) is -4.02. The van der Waals surface area contributed by atoms with Gasteiger partial charge in [0.2, 0.25) is 0 Å². The maximum absolute atomic E-state index is 13.7. The summed E-state index contributed by atoms with van der Waals surface area (Å²) in [5.74, 6) is -5.42. The zero-order valence-corrected chi connectivity index (χ0v) is 16.4. The zero-order valence-electron chi connectivity index (χ0n) is 15.6. The molecule has 0 saturated heterocycles. The number of hydrogen-bond donors (Lipinski definition) is 0. The molecule has 30 heavy (non-hydrogen) atoms. The number of amides is 1. The van der Waals surface area contributed by atoms with Gasteiger partial charge in [-0.15, -0.1) is 8.78 Å². The maximum atomic E-state index is 13.7. The smallest absolute Gasteiger partial charge is 0.395 e. The van der Waals surface area contributed by atoms with Gasteiger partial charge in [-0.25, -0.2) is 22.2 Å². The van der Waals surface area contributed by atoms with Crippen molar-refractivity contribution in [2.75, 3.05) is 10.7 Å². The summed E-state index contributed by atoms with van der Waals surface area (Å²) in [6.45, 7) is 1.72. The highest BCUT2D eigenvalue weighted by Gasteiger charge is 2.45. The molecule has 0 radical (unpaired) electrons. The second-order valence-electron chi connectivity index (χ2n) is 6.85. The van der Waals surface area contributed by atoms with Gasteiger partial charge in [-0.2, -0.15) is 0 Å². The van der Waals surface area contributed by atoms with Crippen molar-refractivity contribution in [2.45, 2.75) is 37.5 Å². The van der Waals surface area contributed by atoms with Crippen LogP contribution in [-0.2, 0) is 22.3 Å². The van der Waals surface area contributed by atoms with Crippen LogP contribution in [0, 0.1) is 0 Å². The molecule has 160 valence electrons. The van der Waals surface area contributed by atoms with Crippen molar-refractivity contribution in [3.8, 4) is 11.5 Å². The molecule has 0 aliphatic carbocycles. The first-order valence-corrected chi connectivity index (χ1v) is 10.3. The summed E-state index contributed by atoms with van der Waals surface area (Å²) in [4.78, 5) is 17.2. The molecule has 12 heteroatoms. The summed E-state index contributed by atoms with van der Waals surface area (Å²) in [5, 5.41) is 0. The van der Waals surface area contributed by atoms with Gasteiger partial charge in [-0.3, -0.25) is 9.69 Å². The first-order chi connectivity index (χ1) is 13.8. The van der Waals surface area contributed by atoms with Gasteiger partial charge in [-0.1, -0.05) is 6.92 Å². The predicted molar refractivity (Wildman–Crippen MR) is 94.7 cm³/mol. The molecular weight excluding hydrogens is 432 g/mol. The van der Waals surface area contributed by atoms with Crippen LogP contribution in [0.2, 0.25) is 0 Å². The van der Waals surface area contributed by atoms with E-state index in [4.69, 9.17) is 0 Å². The highest BCUT2D eigenvalue weighted by molar-refractivity contribution is 7.91. The van der Waals surface area contributed by atoms with Crippen molar-refractivity contribution in [1.29, 1.82) is 0 Å². The number of aromatic nitrogens is 1. The van der Waals surface area contributed by atoms with Crippen LogP contribution in [-0.4, -0.2) is 31.4 Å². The molecule has 0 spiro atoms. The summed E-state index contributed by atoms with van der Waals surface area (Å²) in [5.41, 5.74) is -0.362. The number of fused-ring (bicyclic) bond motifs is 2. The van der Waals surface area contributed by atoms with Gasteiger partial charge >= 0.3 is 6.29 Å². The van der Waals surface area contributed by atoms with E-state index in [1.165, 1.54) is 13.0 Å². The fourth-order valence-electron chi connectivity index (χ4n) is 3.19. The third kappa shape index (κ3) is 3.24. The number of nitrogens with zero attached hydrogens (tertiary/aromatic N) is 2. The molecule has 2 aromatic rings. The lowest BCUT2D eigenvalue weighted by Gasteiger charge is -2.20. The number of ether oxygens (including phenoxy) is 2. The van der Waals surface area contributed by atoms with Crippen molar-refractivity contribution in [3.63, 3.8) is 0 Å². The third-order valence-electron chi connectivity index (χ3n) is 4.74. The molecule has 0 atom stereocenters. The SMILES string of the molecule is CCS(=O)(=O)c1cc(C(C)(F)F)cnc1N1Cc2cc3c(cc2C1=O)OC(F)(F)O3. The number of benzene rings is 1. The van der Waals surface area contributed by atoms with Gasteiger partial charge in [0, 0.05) is 24.2 Å². The normalized spacial score (nSPS) is 17.4. The fourth-order valence-corrected chi connectivity index (χ4v) is 4.25. The largest absolute Gasteiger partial charge is 0.586 e. The Bertz CT molecular complexity index is 1180. The van der Waals surface area contributed by atoms with Crippen LogP contribution in [0.3, 0.4) is 0 Å². The fraction of sp³-hybridized carbons (Fsp3) is 0.333. The molecule has 0 fully saturated rings. The lowest BCUT2D eigenvalue weighted by molar-refractivity contribution is -0.286. The second kappa shape index (κ2) is 6.30. The van der Waals surface area contributed by atoms with E-state index in [0.29, 0.717) is 6.92 Å². The van der Waals surface area contributed by atoms with Gasteiger partial charge < -0.3 is 9.47 Å². The molecule has 4 rings (SSSR count). The van der Waals surface area contributed by atoms with Gasteiger partial charge in [0.1, 0.15) is 4.90 Å².